The number of hydrogen-bond donors (Lipinski definition) is 2. The summed E-state index contributed by atoms with van der Waals surface area (Å²) in [5.41, 5.74) is 3.98. The standard InChI is InChI=1S/C28H27N5O2S/c34-26(29-23-11-4-5-12-24(23)30-28(35)32-16-6-7-17-32)15-14-22-20-33(19-21-9-2-1-3-10-21)31-27(22)25-13-8-18-36-25/h1-5,8-15,18,20H,6-7,16-17,19H2,(H,29,34)(H,30,35)/b15-14+. The normalized spacial score (nSPS) is 13.3. The van der Waals surface area contributed by atoms with Crippen molar-refractivity contribution >= 4 is 40.7 Å². The largest absolute Gasteiger partial charge is 0.325 e. The molecule has 1 aliphatic rings. The van der Waals surface area contributed by atoms with E-state index in [1.54, 1.807) is 34.4 Å². The summed E-state index contributed by atoms with van der Waals surface area (Å²) in [6.07, 6.45) is 7.28. The molecule has 8 heteroatoms. The van der Waals surface area contributed by atoms with E-state index >= 15 is 0 Å². The van der Waals surface area contributed by atoms with Gasteiger partial charge in [-0.2, -0.15) is 5.10 Å². The van der Waals surface area contributed by atoms with Crippen LogP contribution >= 0.6 is 11.3 Å². The number of rotatable bonds is 7. The first-order valence-corrected chi connectivity index (χ1v) is 12.8. The maximum Gasteiger partial charge on any atom is 0.321 e. The van der Waals surface area contributed by atoms with E-state index < -0.39 is 0 Å². The quantitative estimate of drug-likeness (QED) is 0.310. The topological polar surface area (TPSA) is 79.3 Å². The van der Waals surface area contributed by atoms with Gasteiger partial charge in [-0.15, -0.1) is 11.3 Å². The molecule has 5 rings (SSSR count). The number of nitrogens with zero attached hydrogens (tertiary/aromatic N) is 3. The zero-order valence-electron chi connectivity index (χ0n) is 19.8. The Labute approximate surface area is 214 Å². The number of urea groups is 1. The van der Waals surface area contributed by atoms with E-state index in [2.05, 4.69) is 22.8 Å². The van der Waals surface area contributed by atoms with Gasteiger partial charge in [-0.05, 0) is 48.1 Å². The Balaban J connectivity index is 1.31. The number of amides is 3. The molecule has 0 radical (unpaired) electrons. The first-order valence-electron chi connectivity index (χ1n) is 11.9. The first-order chi connectivity index (χ1) is 17.7. The van der Waals surface area contributed by atoms with E-state index in [1.807, 2.05) is 58.7 Å². The number of anilines is 2. The van der Waals surface area contributed by atoms with Crippen molar-refractivity contribution in [3.05, 3.63) is 95.5 Å². The second-order valence-electron chi connectivity index (χ2n) is 8.59. The summed E-state index contributed by atoms with van der Waals surface area (Å²) in [6, 6.07) is 21.2. The molecule has 4 aromatic rings. The van der Waals surface area contributed by atoms with Crippen LogP contribution in [-0.4, -0.2) is 39.7 Å². The molecule has 1 fully saturated rings. The maximum absolute atomic E-state index is 12.8. The Morgan fingerprint density at radius 2 is 1.64 bits per heavy atom. The van der Waals surface area contributed by atoms with Crippen LogP contribution in [-0.2, 0) is 11.3 Å². The molecule has 0 aliphatic carbocycles. The maximum atomic E-state index is 12.8. The number of hydrogen-bond acceptors (Lipinski definition) is 4. The number of benzene rings is 2. The minimum absolute atomic E-state index is 0.142. The molecule has 0 saturated carbocycles. The Bertz CT molecular complexity index is 1360. The SMILES string of the molecule is O=C(/C=C/c1cn(Cc2ccccc2)nc1-c1cccs1)Nc1ccccc1NC(=O)N1CCCC1. The third kappa shape index (κ3) is 5.72. The number of thiophene rings is 1. The monoisotopic (exact) mass is 497 g/mol. The van der Waals surface area contributed by atoms with Crippen LogP contribution in [0.25, 0.3) is 16.6 Å². The molecule has 3 heterocycles. The van der Waals surface area contributed by atoms with Crippen LogP contribution in [0.1, 0.15) is 24.0 Å². The van der Waals surface area contributed by atoms with Crippen LogP contribution in [0, 0.1) is 0 Å². The van der Waals surface area contributed by atoms with Gasteiger partial charge in [-0.25, -0.2) is 4.79 Å². The third-order valence-electron chi connectivity index (χ3n) is 5.97. The Morgan fingerprint density at radius 3 is 2.36 bits per heavy atom. The van der Waals surface area contributed by atoms with E-state index in [1.165, 1.54) is 6.08 Å². The molecule has 0 bridgehead atoms. The summed E-state index contributed by atoms with van der Waals surface area (Å²) < 4.78 is 1.89. The highest BCUT2D eigenvalue weighted by Crippen LogP contribution is 2.28. The lowest BCUT2D eigenvalue weighted by Crippen LogP contribution is -2.32. The van der Waals surface area contributed by atoms with E-state index in [9.17, 15) is 9.59 Å². The molecule has 0 spiro atoms. The lowest BCUT2D eigenvalue weighted by Gasteiger charge is -2.18. The second-order valence-corrected chi connectivity index (χ2v) is 9.53. The Kier molecular flexibility index (Phi) is 7.23. The summed E-state index contributed by atoms with van der Waals surface area (Å²) in [5, 5.41) is 12.6. The van der Waals surface area contributed by atoms with Crippen LogP contribution in [0.5, 0.6) is 0 Å². The number of aromatic nitrogens is 2. The van der Waals surface area contributed by atoms with Gasteiger partial charge in [0.05, 0.1) is 22.8 Å². The number of likely N-dealkylation sites (tertiary alicyclic amines) is 1. The predicted molar refractivity (Wildman–Crippen MR) is 145 cm³/mol. The van der Waals surface area contributed by atoms with Crippen LogP contribution < -0.4 is 10.6 Å². The van der Waals surface area contributed by atoms with Gasteiger partial charge in [-0.3, -0.25) is 9.48 Å². The molecule has 7 nitrogen and oxygen atoms in total. The van der Waals surface area contributed by atoms with Crippen molar-refractivity contribution in [3.8, 4) is 10.6 Å². The minimum Gasteiger partial charge on any atom is -0.325 e. The van der Waals surface area contributed by atoms with Crippen molar-refractivity contribution in [2.45, 2.75) is 19.4 Å². The van der Waals surface area contributed by atoms with Gasteiger partial charge >= 0.3 is 6.03 Å². The van der Waals surface area contributed by atoms with Crippen LogP contribution in [0.3, 0.4) is 0 Å². The van der Waals surface area contributed by atoms with E-state index in [-0.39, 0.29) is 11.9 Å². The molecule has 1 saturated heterocycles. The number of carbonyl (C=O) groups excluding carboxylic acids is 2. The zero-order valence-corrected chi connectivity index (χ0v) is 20.6. The van der Waals surface area contributed by atoms with E-state index in [0.29, 0.717) is 17.9 Å². The second kappa shape index (κ2) is 11.0. The minimum atomic E-state index is -0.286. The van der Waals surface area contributed by atoms with Crippen molar-refractivity contribution in [2.24, 2.45) is 0 Å². The summed E-state index contributed by atoms with van der Waals surface area (Å²) in [4.78, 5) is 28.2. The number of nitrogens with one attached hydrogen (secondary N) is 2. The highest BCUT2D eigenvalue weighted by molar-refractivity contribution is 7.13. The fourth-order valence-electron chi connectivity index (χ4n) is 4.17. The molecule has 1 aliphatic heterocycles. The van der Waals surface area contributed by atoms with Gasteiger partial charge in [0.15, 0.2) is 0 Å². The molecule has 0 unspecified atom stereocenters. The molecular formula is C28H27N5O2S. The Morgan fingerprint density at radius 1 is 0.917 bits per heavy atom. The average molecular weight is 498 g/mol. The lowest BCUT2D eigenvalue weighted by atomic mass is 10.2. The molecule has 36 heavy (non-hydrogen) atoms. The molecule has 2 aromatic heterocycles. The molecule has 2 aromatic carbocycles. The molecular weight excluding hydrogens is 470 g/mol. The Hall–Kier alpha value is -4.17. The van der Waals surface area contributed by atoms with Gasteiger partial charge in [0.2, 0.25) is 5.91 Å². The fourth-order valence-corrected chi connectivity index (χ4v) is 4.90. The molecule has 3 amide bonds. The first kappa shape index (κ1) is 23.6. The summed E-state index contributed by atoms with van der Waals surface area (Å²) >= 11 is 1.61. The summed E-state index contributed by atoms with van der Waals surface area (Å²) in [7, 11) is 0. The van der Waals surface area contributed by atoms with Crippen molar-refractivity contribution in [1.29, 1.82) is 0 Å². The predicted octanol–water partition coefficient (Wildman–Crippen LogP) is 5.94. The molecule has 182 valence electrons. The zero-order chi connectivity index (χ0) is 24.7. The van der Waals surface area contributed by atoms with Gasteiger partial charge in [0.1, 0.15) is 5.69 Å². The fraction of sp³-hybridized carbons (Fsp3) is 0.179. The number of carbonyl (C=O) groups is 2. The van der Waals surface area contributed by atoms with Gasteiger partial charge in [0, 0.05) is 30.9 Å². The van der Waals surface area contributed by atoms with Crippen LogP contribution in [0.15, 0.2) is 84.4 Å². The van der Waals surface area contributed by atoms with E-state index in [0.717, 1.165) is 47.6 Å². The van der Waals surface area contributed by atoms with Crippen molar-refractivity contribution in [2.75, 3.05) is 23.7 Å². The van der Waals surface area contributed by atoms with Crippen molar-refractivity contribution in [1.82, 2.24) is 14.7 Å². The number of para-hydroxylation sites is 2. The summed E-state index contributed by atoms with van der Waals surface area (Å²) in [5.74, 6) is -0.286. The third-order valence-corrected chi connectivity index (χ3v) is 6.84. The van der Waals surface area contributed by atoms with Gasteiger partial charge in [-0.1, -0.05) is 48.5 Å². The van der Waals surface area contributed by atoms with Crippen LogP contribution in [0.4, 0.5) is 16.2 Å². The lowest BCUT2D eigenvalue weighted by molar-refractivity contribution is -0.111. The average Bonchev–Trinajstić information content (AvgIpc) is 3.67. The highest BCUT2D eigenvalue weighted by atomic mass is 32.1. The van der Waals surface area contributed by atoms with Crippen LogP contribution in [0.2, 0.25) is 0 Å². The molecule has 2 N–H and O–H groups in total. The van der Waals surface area contributed by atoms with E-state index in [4.69, 9.17) is 5.10 Å². The van der Waals surface area contributed by atoms with Gasteiger partial charge in [0.25, 0.3) is 0 Å². The molecule has 0 atom stereocenters. The van der Waals surface area contributed by atoms with Crippen molar-refractivity contribution < 1.29 is 9.59 Å². The van der Waals surface area contributed by atoms with Gasteiger partial charge < -0.3 is 15.5 Å². The smallest absolute Gasteiger partial charge is 0.321 e. The van der Waals surface area contributed by atoms with Crippen molar-refractivity contribution in [3.63, 3.8) is 0 Å². The summed E-state index contributed by atoms with van der Waals surface area (Å²) in [6.45, 7) is 2.16. The highest BCUT2D eigenvalue weighted by Gasteiger charge is 2.19.